The Balaban J connectivity index is 1.52. The van der Waals surface area contributed by atoms with E-state index in [4.69, 9.17) is 0 Å². The van der Waals surface area contributed by atoms with Gasteiger partial charge in [0.05, 0.1) is 6.54 Å². The molecular weight excluding hydrogens is 356 g/mol. The van der Waals surface area contributed by atoms with Gasteiger partial charge in [-0.15, -0.1) is 0 Å². The van der Waals surface area contributed by atoms with Gasteiger partial charge >= 0.3 is 0 Å². The van der Waals surface area contributed by atoms with Crippen LogP contribution < -0.4 is 15.1 Å². The molecule has 1 saturated heterocycles. The van der Waals surface area contributed by atoms with Gasteiger partial charge in [0.1, 0.15) is 5.82 Å². The van der Waals surface area contributed by atoms with Gasteiger partial charge in [-0.3, -0.25) is 9.59 Å². The lowest BCUT2D eigenvalue weighted by molar-refractivity contribution is -0.130. The Morgan fingerprint density at radius 2 is 1.75 bits per heavy atom. The van der Waals surface area contributed by atoms with Crippen molar-refractivity contribution in [3.63, 3.8) is 0 Å². The summed E-state index contributed by atoms with van der Waals surface area (Å²) in [4.78, 5) is 39.4. The van der Waals surface area contributed by atoms with Gasteiger partial charge in [0, 0.05) is 57.6 Å². The van der Waals surface area contributed by atoms with Crippen LogP contribution in [0.25, 0.3) is 0 Å². The molecule has 2 amide bonds. The molecule has 0 aliphatic carbocycles. The number of carbonyl (C=O) groups is 2. The van der Waals surface area contributed by atoms with Gasteiger partial charge in [-0.2, -0.15) is 4.98 Å². The number of benzene rings is 1. The third-order valence-corrected chi connectivity index (χ3v) is 4.64. The van der Waals surface area contributed by atoms with Crippen molar-refractivity contribution in [3.8, 4) is 0 Å². The first-order chi connectivity index (χ1) is 13.4. The summed E-state index contributed by atoms with van der Waals surface area (Å²) in [5, 5.41) is 2.69. The van der Waals surface area contributed by atoms with E-state index in [0.717, 1.165) is 11.5 Å². The molecule has 2 aromatic rings. The van der Waals surface area contributed by atoms with Crippen LogP contribution in [0.1, 0.15) is 16.1 Å². The van der Waals surface area contributed by atoms with Crippen LogP contribution in [0.3, 0.4) is 0 Å². The second-order valence-corrected chi connectivity index (χ2v) is 6.98. The normalized spacial score (nSPS) is 14.0. The zero-order valence-corrected chi connectivity index (χ0v) is 16.6. The topological polar surface area (TPSA) is 81.7 Å². The van der Waals surface area contributed by atoms with E-state index in [2.05, 4.69) is 20.2 Å². The maximum atomic E-state index is 12.4. The van der Waals surface area contributed by atoms with E-state index in [9.17, 15) is 9.59 Å². The highest BCUT2D eigenvalue weighted by atomic mass is 16.2. The number of hydrogen-bond donors (Lipinski definition) is 1. The predicted molar refractivity (Wildman–Crippen MR) is 109 cm³/mol. The number of rotatable bonds is 5. The monoisotopic (exact) mass is 382 g/mol. The van der Waals surface area contributed by atoms with Gasteiger partial charge in [-0.05, 0) is 19.1 Å². The van der Waals surface area contributed by atoms with E-state index in [-0.39, 0.29) is 18.4 Å². The molecule has 0 unspecified atom stereocenters. The molecule has 2 heterocycles. The summed E-state index contributed by atoms with van der Waals surface area (Å²) in [6.45, 7) is 4.43. The molecule has 0 spiro atoms. The summed E-state index contributed by atoms with van der Waals surface area (Å²) in [6, 6.07) is 10.8. The molecule has 0 bridgehead atoms. The standard InChI is InChI=1S/C20H26N6O2/c1-15-13-17(24(2)3)23-20(22-15)26-11-9-25(10-12-26)18(27)14-21-19(28)16-7-5-4-6-8-16/h4-8,13H,9-12,14H2,1-3H3,(H,21,28). The van der Waals surface area contributed by atoms with Crippen LogP contribution in [-0.2, 0) is 4.79 Å². The molecule has 0 saturated carbocycles. The molecule has 3 rings (SSSR count). The number of amides is 2. The molecule has 1 aromatic carbocycles. The number of aromatic nitrogens is 2. The summed E-state index contributed by atoms with van der Waals surface area (Å²) < 4.78 is 0. The van der Waals surface area contributed by atoms with Crippen LogP contribution in [-0.4, -0.2) is 73.5 Å². The summed E-state index contributed by atoms with van der Waals surface area (Å²) in [5.41, 5.74) is 1.46. The van der Waals surface area contributed by atoms with Crippen LogP contribution in [0.15, 0.2) is 36.4 Å². The molecule has 148 valence electrons. The van der Waals surface area contributed by atoms with E-state index in [1.807, 2.05) is 38.1 Å². The molecule has 8 heteroatoms. The lowest BCUT2D eigenvalue weighted by Gasteiger charge is -2.35. The Morgan fingerprint density at radius 1 is 1.07 bits per heavy atom. The third-order valence-electron chi connectivity index (χ3n) is 4.64. The Labute approximate surface area is 165 Å². The van der Waals surface area contributed by atoms with Crippen molar-refractivity contribution >= 4 is 23.6 Å². The number of hydrogen-bond acceptors (Lipinski definition) is 6. The van der Waals surface area contributed by atoms with E-state index in [0.29, 0.717) is 37.7 Å². The van der Waals surface area contributed by atoms with Crippen molar-refractivity contribution in [3.05, 3.63) is 47.7 Å². The number of nitrogens with one attached hydrogen (secondary N) is 1. The number of carbonyl (C=O) groups excluding carboxylic acids is 2. The average molecular weight is 382 g/mol. The van der Waals surface area contributed by atoms with E-state index in [1.54, 1.807) is 29.2 Å². The van der Waals surface area contributed by atoms with Crippen molar-refractivity contribution in [2.45, 2.75) is 6.92 Å². The van der Waals surface area contributed by atoms with Gasteiger partial charge in [0.25, 0.3) is 5.91 Å². The molecular formula is C20H26N6O2. The minimum absolute atomic E-state index is 0.000545. The highest BCUT2D eigenvalue weighted by Gasteiger charge is 2.23. The van der Waals surface area contributed by atoms with Gasteiger partial charge in [-0.1, -0.05) is 18.2 Å². The summed E-state index contributed by atoms with van der Waals surface area (Å²) in [5.74, 6) is 1.23. The van der Waals surface area contributed by atoms with E-state index < -0.39 is 0 Å². The summed E-state index contributed by atoms with van der Waals surface area (Å²) in [7, 11) is 3.90. The maximum absolute atomic E-state index is 12.4. The van der Waals surface area contributed by atoms with Gasteiger partial charge in [-0.25, -0.2) is 4.98 Å². The molecule has 1 aliphatic rings. The van der Waals surface area contributed by atoms with Crippen molar-refractivity contribution in [2.75, 3.05) is 56.6 Å². The zero-order chi connectivity index (χ0) is 20.1. The minimum atomic E-state index is -0.239. The summed E-state index contributed by atoms with van der Waals surface area (Å²) in [6.07, 6.45) is 0. The molecule has 1 N–H and O–H groups in total. The highest BCUT2D eigenvalue weighted by molar-refractivity contribution is 5.96. The van der Waals surface area contributed by atoms with Crippen LogP contribution in [0.4, 0.5) is 11.8 Å². The largest absolute Gasteiger partial charge is 0.363 e. The Morgan fingerprint density at radius 3 is 2.39 bits per heavy atom. The fourth-order valence-corrected chi connectivity index (χ4v) is 3.02. The average Bonchev–Trinajstić information content (AvgIpc) is 2.72. The Bertz CT molecular complexity index is 832. The van der Waals surface area contributed by atoms with Crippen LogP contribution in [0.2, 0.25) is 0 Å². The molecule has 8 nitrogen and oxygen atoms in total. The first-order valence-corrected chi connectivity index (χ1v) is 9.33. The summed E-state index contributed by atoms with van der Waals surface area (Å²) >= 11 is 0. The van der Waals surface area contributed by atoms with E-state index >= 15 is 0 Å². The van der Waals surface area contributed by atoms with Gasteiger partial charge < -0.3 is 20.0 Å². The lowest BCUT2D eigenvalue weighted by Crippen LogP contribution is -2.51. The molecule has 0 atom stereocenters. The zero-order valence-electron chi connectivity index (χ0n) is 16.6. The van der Waals surface area contributed by atoms with Gasteiger partial charge in [0.2, 0.25) is 11.9 Å². The molecule has 0 radical (unpaired) electrons. The first kappa shape index (κ1) is 19.6. The maximum Gasteiger partial charge on any atom is 0.251 e. The quantitative estimate of drug-likeness (QED) is 0.829. The smallest absolute Gasteiger partial charge is 0.251 e. The van der Waals surface area contributed by atoms with Crippen molar-refractivity contribution < 1.29 is 9.59 Å². The minimum Gasteiger partial charge on any atom is -0.363 e. The molecule has 1 aliphatic heterocycles. The number of aryl methyl sites for hydroxylation is 1. The van der Waals surface area contributed by atoms with Crippen molar-refractivity contribution in [2.24, 2.45) is 0 Å². The van der Waals surface area contributed by atoms with Gasteiger partial charge in [0.15, 0.2) is 0 Å². The third kappa shape index (κ3) is 4.76. The second kappa shape index (κ2) is 8.69. The highest BCUT2D eigenvalue weighted by Crippen LogP contribution is 2.17. The number of nitrogens with zero attached hydrogens (tertiary/aromatic N) is 5. The fourth-order valence-electron chi connectivity index (χ4n) is 3.02. The fraction of sp³-hybridized carbons (Fsp3) is 0.400. The first-order valence-electron chi connectivity index (χ1n) is 9.33. The Hall–Kier alpha value is -3.16. The van der Waals surface area contributed by atoms with Crippen molar-refractivity contribution in [1.29, 1.82) is 0 Å². The van der Waals surface area contributed by atoms with Crippen molar-refractivity contribution in [1.82, 2.24) is 20.2 Å². The lowest BCUT2D eigenvalue weighted by atomic mass is 10.2. The Kier molecular flexibility index (Phi) is 6.08. The molecule has 1 fully saturated rings. The van der Waals surface area contributed by atoms with Crippen LogP contribution in [0, 0.1) is 6.92 Å². The molecule has 1 aromatic heterocycles. The second-order valence-electron chi connectivity index (χ2n) is 6.98. The van der Waals surface area contributed by atoms with Crippen LogP contribution in [0.5, 0.6) is 0 Å². The van der Waals surface area contributed by atoms with Crippen LogP contribution >= 0.6 is 0 Å². The SMILES string of the molecule is Cc1cc(N(C)C)nc(N2CCN(C(=O)CNC(=O)c3ccccc3)CC2)n1. The predicted octanol–water partition coefficient (Wildman–Crippen LogP) is 0.930. The van der Waals surface area contributed by atoms with E-state index in [1.165, 1.54) is 0 Å². The number of anilines is 2. The molecule has 28 heavy (non-hydrogen) atoms. The number of piperazine rings is 1.